The fourth-order valence-electron chi connectivity index (χ4n) is 3.53. The molecule has 4 rings (SSSR count). The first-order chi connectivity index (χ1) is 9.93. The van der Waals surface area contributed by atoms with Gasteiger partial charge >= 0.3 is 0 Å². The first-order valence-corrected chi connectivity index (χ1v) is 8.00. The number of rotatable bonds is 3. The van der Waals surface area contributed by atoms with Crippen LogP contribution in [-0.2, 0) is 4.79 Å². The summed E-state index contributed by atoms with van der Waals surface area (Å²) in [5.41, 5.74) is 2.27. The third-order valence-electron chi connectivity index (χ3n) is 4.97. The average molecular weight is 347 g/mol. The molecule has 21 heavy (non-hydrogen) atoms. The van der Waals surface area contributed by atoms with Gasteiger partial charge in [0.1, 0.15) is 5.75 Å². The molecule has 0 saturated heterocycles. The molecule has 0 aliphatic heterocycles. The number of halogens is 1. The summed E-state index contributed by atoms with van der Waals surface area (Å²) in [5.74, 6) is 1.83. The molecule has 0 N–H and O–H groups in total. The van der Waals surface area contributed by atoms with Crippen molar-refractivity contribution in [3.05, 3.63) is 46.0 Å². The molecule has 3 aliphatic carbocycles. The molecule has 1 saturated carbocycles. The molecular formula is C18H19BrO2. The van der Waals surface area contributed by atoms with Crippen molar-refractivity contribution >= 4 is 27.8 Å². The van der Waals surface area contributed by atoms with Crippen molar-refractivity contribution in [2.75, 3.05) is 7.11 Å². The largest absolute Gasteiger partial charge is 0.496 e. The van der Waals surface area contributed by atoms with Crippen LogP contribution in [-0.4, -0.2) is 12.9 Å². The number of benzene rings is 1. The smallest absolute Gasteiger partial charge is 0.159 e. The van der Waals surface area contributed by atoms with Gasteiger partial charge in [0.05, 0.1) is 7.11 Å². The molecule has 3 aliphatic rings. The van der Waals surface area contributed by atoms with Crippen molar-refractivity contribution in [3.8, 4) is 5.75 Å². The zero-order valence-corrected chi connectivity index (χ0v) is 14.1. The van der Waals surface area contributed by atoms with Gasteiger partial charge in [-0.15, -0.1) is 0 Å². The minimum Gasteiger partial charge on any atom is -0.496 e. The van der Waals surface area contributed by atoms with E-state index in [4.69, 9.17) is 4.74 Å². The van der Waals surface area contributed by atoms with Crippen molar-refractivity contribution in [1.82, 2.24) is 0 Å². The van der Waals surface area contributed by atoms with Crippen LogP contribution in [0.2, 0.25) is 0 Å². The maximum atomic E-state index is 12.1. The van der Waals surface area contributed by atoms with Gasteiger partial charge in [-0.25, -0.2) is 0 Å². The highest BCUT2D eigenvalue weighted by molar-refractivity contribution is 9.10. The number of ketones is 1. The van der Waals surface area contributed by atoms with Gasteiger partial charge in [-0.3, -0.25) is 4.79 Å². The second-order valence-corrected chi connectivity index (χ2v) is 7.34. The van der Waals surface area contributed by atoms with Crippen LogP contribution < -0.4 is 4.74 Å². The quantitative estimate of drug-likeness (QED) is 0.796. The Labute approximate surface area is 134 Å². The monoisotopic (exact) mass is 346 g/mol. The predicted molar refractivity (Wildman–Crippen MR) is 88.2 cm³/mol. The van der Waals surface area contributed by atoms with Crippen LogP contribution in [0.1, 0.15) is 25.8 Å². The zero-order valence-electron chi connectivity index (χ0n) is 12.5. The van der Waals surface area contributed by atoms with Gasteiger partial charge in [0.2, 0.25) is 0 Å². The number of carbonyl (C=O) groups excluding carboxylic acids is 1. The molecule has 2 unspecified atom stereocenters. The van der Waals surface area contributed by atoms with E-state index in [1.54, 1.807) is 7.11 Å². The van der Waals surface area contributed by atoms with Crippen LogP contribution in [0.3, 0.4) is 0 Å². The van der Waals surface area contributed by atoms with E-state index in [-0.39, 0.29) is 17.1 Å². The summed E-state index contributed by atoms with van der Waals surface area (Å²) < 4.78 is 6.40. The zero-order chi connectivity index (χ0) is 15.2. The van der Waals surface area contributed by atoms with Gasteiger partial charge in [0.15, 0.2) is 5.78 Å². The highest BCUT2D eigenvalue weighted by Crippen LogP contribution is 2.58. The van der Waals surface area contributed by atoms with E-state index in [2.05, 4.69) is 35.9 Å². The minimum atomic E-state index is 0.104. The standard InChI is InChI=1S/C18H19BrO2/c1-18(2)14-10-15(18)16(20)9-11(14)4-5-12-8-13(19)6-7-17(12)21-3/h4-9,14-15H,10H2,1-3H3. The number of fused-ring (bicyclic) bond motifs is 1. The molecule has 2 bridgehead atoms. The Bertz CT molecular complexity index is 655. The SMILES string of the molecule is COc1ccc(Br)cc1C=CC1=CC(=O)C2CC1C2(C)C. The minimum absolute atomic E-state index is 0.104. The van der Waals surface area contributed by atoms with E-state index in [9.17, 15) is 4.79 Å². The fraction of sp³-hybridized carbons (Fsp3) is 0.389. The van der Waals surface area contributed by atoms with E-state index < -0.39 is 0 Å². The Morgan fingerprint density at radius 3 is 2.67 bits per heavy atom. The number of ether oxygens (including phenoxy) is 1. The molecule has 1 aromatic carbocycles. The second kappa shape index (κ2) is 5.13. The number of allylic oxidation sites excluding steroid dienone is 3. The lowest BCUT2D eigenvalue weighted by Gasteiger charge is -2.54. The van der Waals surface area contributed by atoms with Crippen molar-refractivity contribution in [2.24, 2.45) is 17.3 Å². The third-order valence-corrected chi connectivity index (χ3v) is 5.46. The van der Waals surface area contributed by atoms with E-state index in [1.165, 1.54) is 0 Å². The van der Waals surface area contributed by atoms with E-state index >= 15 is 0 Å². The highest BCUT2D eigenvalue weighted by Gasteiger charge is 2.54. The van der Waals surface area contributed by atoms with Gasteiger partial charge in [-0.05, 0) is 47.6 Å². The summed E-state index contributed by atoms with van der Waals surface area (Å²) in [4.78, 5) is 12.1. The van der Waals surface area contributed by atoms with Crippen LogP contribution in [0.15, 0.2) is 40.4 Å². The molecule has 2 nitrogen and oxygen atoms in total. The molecular weight excluding hydrogens is 328 g/mol. The van der Waals surface area contributed by atoms with Crippen LogP contribution in [0.5, 0.6) is 5.75 Å². The molecule has 1 aromatic rings. The van der Waals surface area contributed by atoms with Gasteiger partial charge in [0.25, 0.3) is 0 Å². The van der Waals surface area contributed by atoms with Crippen LogP contribution >= 0.6 is 15.9 Å². The highest BCUT2D eigenvalue weighted by atomic mass is 79.9. The van der Waals surface area contributed by atoms with Gasteiger partial charge in [-0.2, -0.15) is 0 Å². The summed E-state index contributed by atoms with van der Waals surface area (Å²) in [7, 11) is 1.67. The Kier molecular flexibility index (Phi) is 3.56. The average Bonchev–Trinajstić information content (AvgIpc) is 2.44. The number of carbonyl (C=O) groups is 1. The van der Waals surface area contributed by atoms with Crippen LogP contribution in [0.4, 0.5) is 0 Å². The van der Waals surface area contributed by atoms with Crippen molar-refractivity contribution in [3.63, 3.8) is 0 Å². The van der Waals surface area contributed by atoms with Crippen LogP contribution in [0, 0.1) is 17.3 Å². The maximum Gasteiger partial charge on any atom is 0.159 e. The Morgan fingerprint density at radius 1 is 1.29 bits per heavy atom. The summed E-state index contributed by atoms with van der Waals surface area (Å²) in [5, 5.41) is 0. The predicted octanol–water partition coefficient (Wildman–Crippen LogP) is 4.64. The molecule has 0 aromatic heterocycles. The van der Waals surface area contributed by atoms with E-state index in [0.29, 0.717) is 5.92 Å². The third kappa shape index (κ3) is 2.38. The lowest BCUT2D eigenvalue weighted by atomic mass is 9.48. The molecule has 1 fully saturated rings. The first kappa shape index (κ1) is 14.6. The lowest BCUT2D eigenvalue weighted by molar-refractivity contribution is -0.133. The lowest BCUT2D eigenvalue weighted by Crippen LogP contribution is -2.52. The number of methoxy groups -OCH3 is 1. The summed E-state index contributed by atoms with van der Waals surface area (Å²) in [6, 6.07) is 5.92. The normalized spacial score (nSPS) is 26.5. The number of hydrogen-bond donors (Lipinski definition) is 0. The van der Waals surface area contributed by atoms with Crippen LogP contribution in [0.25, 0.3) is 6.08 Å². The molecule has 0 amide bonds. The van der Waals surface area contributed by atoms with Gasteiger partial charge in [0, 0.05) is 16.0 Å². The maximum absolute atomic E-state index is 12.1. The summed E-state index contributed by atoms with van der Waals surface area (Å²) in [6.07, 6.45) is 6.93. The fourth-order valence-corrected chi connectivity index (χ4v) is 3.90. The van der Waals surface area contributed by atoms with E-state index in [1.807, 2.05) is 30.4 Å². The molecule has 0 heterocycles. The Morgan fingerprint density at radius 2 is 2.05 bits per heavy atom. The van der Waals surface area contributed by atoms with Crippen molar-refractivity contribution in [2.45, 2.75) is 20.3 Å². The Balaban J connectivity index is 1.90. The van der Waals surface area contributed by atoms with Crippen molar-refractivity contribution in [1.29, 1.82) is 0 Å². The molecule has 2 atom stereocenters. The van der Waals surface area contributed by atoms with E-state index in [0.717, 1.165) is 27.8 Å². The topological polar surface area (TPSA) is 26.3 Å². The molecule has 0 radical (unpaired) electrons. The molecule has 0 spiro atoms. The van der Waals surface area contributed by atoms with Gasteiger partial charge in [-0.1, -0.05) is 41.9 Å². The summed E-state index contributed by atoms with van der Waals surface area (Å²) in [6.45, 7) is 4.40. The second-order valence-electron chi connectivity index (χ2n) is 6.43. The first-order valence-electron chi connectivity index (χ1n) is 7.20. The summed E-state index contributed by atoms with van der Waals surface area (Å²) >= 11 is 3.48. The van der Waals surface area contributed by atoms with Gasteiger partial charge < -0.3 is 4.74 Å². The number of hydrogen-bond acceptors (Lipinski definition) is 2. The molecule has 110 valence electrons. The Hall–Kier alpha value is -1.35. The van der Waals surface area contributed by atoms with Crippen molar-refractivity contribution < 1.29 is 9.53 Å². The molecule has 3 heteroatoms.